The normalized spacial score (nSPS) is 15.0. The molecule has 0 spiro atoms. The van der Waals surface area contributed by atoms with Crippen molar-refractivity contribution in [3.05, 3.63) is 53.6 Å². The number of rotatable bonds is 6. The Hall–Kier alpha value is -1.93. The molecule has 0 radical (unpaired) electrons. The minimum atomic E-state index is 0.00565. The standard InChI is InChI=1S/C22H25N3O2S2/c1-16-4-3-5-17(14-16)21(26)25(9-8-24-10-12-27-13-11-24)22-23-19-7-6-18(28-2)15-20(19)29-22/h3-7,14-15H,8-13H2,1-2H3. The quantitative estimate of drug-likeness (QED) is 0.549. The van der Waals surface area contributed by atoms with Crippen LogP contribution in [-0.2, 0) is 4.74 Å². The molecule has 7 heteroatoms. The number of aryl methyl sites for hydroxylation is 1. The minimum absolute atomic E-state index is 0.00565. The number of anilines is 1. The first-order chi connectivity index (χ1) is 14.1. The SMILES string of the molecule is CSc1ccc2nc(N(CCN3CCOCC3)C(=O)c3cccc(C)c3)sc2c1. The highest BCUT2D eigenvalue weighted by Crippen LogP contribution is 2.32. The second-order valence-corrected chi connectivity index (χ2v) is 9.00. The Morgan fingerprint density at radius 1 is 1.24 bits per heavy atom. The van der Waals surface area contributed by atoms with Gasteiger partial charge in [-0.1, -0.05) is 29.0 Å². The van der Waals surface area contributed by atoms with Crippen LogP contribution in [0.3, 0.4) is 0 Å². The zero-order valence-corrected chi connectivity index (χ0v) is 18.4. The van der Waals surface area contributed by atoms with Crippen molar-refractivity contribution >= 4 is 44.4 Å². The van der Waals surface area contributed by atoms with Crippen molar-refractivity contribution in [2.75, 3.05) is 50.5 Å². The fraction of sp³-hybridized carbons (Fsp3) is 0.364. The molecule has 1 fully saturated rings. The molecule has 1 saturated heterocycles. The zero-order chi connectivity index (χ0) is 20.2. The molecule has 1 aliphatic rings. The maximum absolute atomic E-state index is 13.4. The molecule has 0 atom stereocenters. The third-order valence-corrected chi connectivity index (χ3v) is 6.84. The fourth-order valence-corrected chi connectivity index (χ4v) is 4.96. The van der Waals surface area contributed by atoms with Gasteiger partial charge in [0, 0.05) is 36.6 Å². The first-order valence-electron chi connectivity index (χ1n) is 9.77. The third-order valence-electron chi connectivity index (χ3n) is 5.07. The highest BCUT2D eigenvalue weighted by molar-refractivity contribution is 7.98. The van der Waals surface area contributed by atoms with Crippen LogP contribution in [0.1, 0.15) is 15.9 Å². The van der Waals surface area contributed by atoms with Gasteiger partial charge in [0.15, 0.2) is 5.13 Å². The number of thiazole rings is 1. The minimum Gasteiger partial charge on any atom is -0.379 e. The lowest BCUT2D eigenvalue weighted by molar-refractivity contribution is 0.0391. The van der Waals surface area contributed by atoms with Crippen molar-refractivity contribution in [2.24, 2.45) is 0 Å². The number of benzene rings is 2. The predicted octanol–water partition coefficient (Wildman–Crippen LogP) is 4.31. The average Bonchev–Trinajstić information content (AvgIpc) is 3.17. The number of ether oxygens (including phenoxy) is 1. The van der Waals surface area contributed by atoms with E-state index in [1.54, 1.807) is 23.1 Å². The second kappa shape index (κ2) is 9.26. The Balaban J connectivity index is 1.64. The van der Waals surface area contributed by atoms with Gasteiger partial charge in [-0.3, -0.25) is 14.6 Å². The molecule has 1 aromatic heterocycles. The van der Waals surface area contributed by atoms with E-state index in [0.717, 1.165) is 53.8 Å². The van der Waals surface area contributed by atoms with E-state index in [4.69, 9.17) is 9.72 Å². The highest BCUT2D eigenvalue weighted by atomic mass is 32.2. The molecular formula is C22H25N3O2S2. The second-order valence-electron chi connectivity index (χ2n) is 7.11. The summed E-state index contributed by atoms with van der Waals surface area (Å²) in [5.41, 5.74) is 2.73. The van der Waals surface area contributed by atoms with Crippen molar-refractivity contribution in [3.8, 4) is 0 Å². The van der Waals surface area contributed by atoms with Crippen molar-refractivity contribution < 1.29 is 9.53 Å². The van der Waals surface area contributed by atoms with E-state index in [9.17, 15) is 4.79 Å². The van der Waals surface area contributed by atoms with E-state index in [2.05, 4.69) is 23.3 Å². The molecule has 0 aliphatic carbocycles. The lowest BCUT2D eigenvalue weighted by atomic mass is 10.1. The van der Waals surface area contributed by atoms with E-state index in [1.807, 2.05) is 42.2 Å². The summed E-state index contributed by atoms with van der Waals surface area (Å²) in [4.78, 5) is 23.6. The smallest absolute Gasteiger partial charge is 0.260 e. The first kappa shape index (κ1) is 20.3. The van der Waals surface area contributed by atoms with E-state index >= 15 is 0 Å². The zero-order valence-electron chi connectivity index (χ0n) is 16.8. The van der Waals surface area contributed by atoms with Crippen molar-refractivity contribution in [3.63, 3.8) is 0 Å². The fourth-order valence-electron chi connectivity index (χ4n) is 3.42. The lowest BCUT2D eigenvalue weighted by Crippen LogP contribution is -2.43. The molecule has 0 saturated carbocycles. The van der Waals surface area contributed by atoms with Crippen LogP contribution in [0.4, 0.5) is 5.13 Å². The molecule has 3 aromatic rings. The number of morpholine rings is 1. The van der Waals surface area contributed by atoms with Gasteiger partial charge in [0.2, 0.25) is 0 Å². The predicted molar refractivity (Wildman–Crippen MR) is 122 cm³/mol. The molecule has 1 amide bonds. The lowest BCUT2D eigenvalue weighted by Gasteiger charge is -2.29. The van der Waals surface area contributed by atoms with E-state index in [0.29, 0.717) is 12.1 Å². The maximum atomic E-state index is 13.4. The first-order valence-corrected chi connectivity index (χ1v) is 11.8. The number of amides is 1. The van der Waals surface area contributed by atoms with Crippen molar-refractivity contribution in [2.45, 2.75) is 11.8 Å². The number of hydrogen-bond acceptors (Lipinski definition) is 6. The number of fused-ring (bicyclic) bond motifs is 1. The summed E-state index contributed by atoms with van der Waals surface area (Å²) >= 11 is 3.30. The molecular weight excluding hydrogens is 402 g/mol. The summed E-state index contributed by atoms with van der Waals surface area (Å²) in [7, 11) is 0. The van der Waals surface area contributed by atoms with Gasteiger partial charge in [0.25, 0.3) is 5.91 Å². The largest absolute Gasteiger partial charge is 0.379 e. The number of carbonyl (C=O) groups excluding carboxylic acids is 1. The maximum Gasteiger partial charge on any atom is 0.260 e. The van der Waals surface area contributed by atoms with E-state index < -0.39 is 0 Å². The molecule has 0 bridgehead atoms. The van der Waals surface area contributed by atoms with Crippen LogP contribution in [0.15, 0.2) is 47.4 Å². The summed E-state index contributed by atoms with van der Waals surface area (Å²) in [5, 5.41) is 0.762. The van der Waals surface area contributed by atoms with E-state index in [-0.39, 0.29) is 5.91 Å². The van der Waals surface area contributed by atoms with Crippen LogP contribution in [0.5, 0.6) is 0 Å². The van der Waals surface area contributed by atoms with Crippen LogP contribution in [0.2, 0.25) is 0 Å². The van der Waals surface area contributed by atoms with Crippen LogP contribution in [-0.4, -0.2) is 61.4 Å². The topological polar surface area (TPSA) is 45.7 Å². The highest BCUT2D eigenvalue weighted by Gasteiger charge is 2.23. The Kier molecular flexibility index (Phi) is 6.50. The monoisotopic (exact) mass is 427 g/mol. The molecule has 2 heterocycles. The van der Waals surface area contributed by atoms with E-state index in [1.165, 1.54) is 4.90 Å². The summed E-state index contributed by atoms with van der Waals surface area (Å²) in [6.07, 6.45) is 2.07. The summed E-state index contributed by atoms with van der Waals surface area (Å²) in [5.74, 6) is 0.00565. The van der Waals surface area contributed by atoms with Gasteiger partial charge in [-0.2, -0.15) is 0 Å². The molecule has 1 aliphatic heterocycles. The number of thioether (sulfide) groups is 1. The van der Waals surface area contributed by atoms with Gasteiger partial charge in [0.05, 0.1) is 23.4 Å². The summed E-state index contributed by atoms with van der Waals surface area (Å²) in [6.45, 7) is 6.76. The molecule has 152 valence electrons. The number of carbonyl (C=O) groups is 1. The molecule has 29 heavy (non-hydrogen) atoms. The third kappa shape index (κ3) is 4.80. The Bertz CT molecular complexity index is 999. The van der Waals surface area contributed by atoms with Gasteiger partial charge < -0.3 is 4.74 Å². The van der Waals surface area contributed by atoms with Crippen LogP contribution in [0.25, 0.3) is 10.2 Å². The Morgan fingerprint density at radius 2 is 2.07 bits per heavy atom. The van der Waals surface area contributed by atoms with Gasteiger partial charge >= 0.3 is 0 Å². The van der Waals surface area contributed by atoms with Gasteiger partial charge in [-0.05, 0) is 43.5 Å². The molecule has 5 nitrogen and oxygen atoms in total. The van der Waals surface area contributed by atoms with Gasteiger partial charge in [0.1, 0.15) is 0 Å². The Labute approximate surface area is 179 Å². The number of aromatic nitrogens is 1. The summed E-state index contributed by atoms with van der Waals surface area (Å²) < 4.78 is 6.56. The Morgan fingerprint density at radius 3 is 2.83 bits per heavy atom. The molecule has 0 unspecified atom stereocenters. The van der Waals surface area contributed by atoms with Crippen molar-refractivity contribution in [1.29, 1.82) is 0 Å². The molecule has 2 aromatic carbocycles. The van der Waals surface area contributed by atoms with Crippen LogP contribution in [0, 0.1) is 6.92 Å². The molecule has 0 N–H and O–H groups in total. The average molecular weight is 428 g/mol. The van der Waals surface area contributed by atoms with Crippen LogP contribution >= 0.6 is 23.1 Å². The van der Waals surface area contributed by atoms with Gasteiger partial charge in [-0.15, -0.1) is 11.8 Å². The van der Waals surface area contributed by atoms with Crippen LogP contribution < -0.4 is 4.90 Å². The summed E-state index contributed by atoms with van der Waals surface area (Å²) in [6, 6.07) is 14.1. The number of nitrogens with zero attached hydrogens (tertiary/aromatic N) is 3. The molecule has 4 rings (SSSR count). The van der Waals surface area contributed by atoms with Crippen molar-refractivity contribution in [1.82, 2.24) is 9.88 Å². The van der Waals surface area contributed by atoms with Gasteiger partial charge in [-0.25, -0.2) is 4.98 Å². The number of hydrogen-bond donors (Lipinski definition) is 0.